The van der Waals surface area contributed by atoms with E-state index in [9.17, 15) is 14.0 Å². The summed E-state index contributed by atoms with van der Waals surface area (Å²) >= 11 is 1.21. The summed E-state index contributed by atoms with van der Waals surface area (Å²) in [5, 5.41) is 7.24. The van der Waals surface area contributed by atoms with Crippen LogP contribution in [0, 0.1) is 5.95 Å². The SMILES string of the molecule is COc1ccc(-n2nc(C(=O)N3CCN(c4ccc(F)nc4)CC3)c3csc(N)c3c2=O)cc1. The molecule has 0 radical (unpaired) electrons. The highest BCUT2D eigenvalue weighted by molar-refractivity contribution is 7.15. The maximum absolute atomic E-state index is 13.5. The van der Waals surface area contributed by atoms with Crippen LogP contribution in [0.1, 0.15) is 10.5 Å². The fourth-order valence-corrected chi connectivity index (χ4v) is 4.79. The van der Waals surface area contributed by atoms with Crippen LogP contribution in [-0.4, -0.2) is 58.9 Å². The number of benzene rings is 1. The number of halogens is 1. The van der Waals surface area contributed by atoms with Gasteiger partial charge in [0.25, 0.3) is 11.5 Å². The molecule has 2 N–H and O–H groups in total. The van der Waals surface area contributed by atoms with Crippen LogP contribution >= 0.6 is 11.3 Å². The van der Waals surface area contributed by atoms with Crippen LogP contribution in [0.3, 0.4) is 0 Å². The summed E-state index contributed by atoms with van der Waals surface area (Å²) < 4.78 is 19.5. The molecule has 1 amide bonds. The van der Waals surface area contributed by atoms with E-state index in [1.54, 1.807) is 47.7 Å². The largest absolute Gasteiger partial charge is 0.497 e. The molecule has 0 atom stereocenters. The molecule has 1 aliphatic heterocycles. The van der Waals surface area contributed by atoms with Crippen molar-refractivity contribution < 1.29 is 13.9 Å². The number of carbonyl (C=O) groups excluding carboxylic acids is 1. The second-order valence-electron chi connectivity index (χ2n) is 7.77. The zero-order chi connectivity index (χ0) is 23.8. The predicted molar refractivity (Wildman–Crippen MR) is 128 cm³/mol. The highest BCUT2D eigenvalue weighted by atomic mass is 32.1. The van der Waals surface area contributed by atoms with Gasteiger partial charge in [0.1, 0.15) is 5.75 Å². The fourth-order valence-electron chi connectivity index (χ4n) is 4.00. The minimum absolute atomic E-state index is 0.176. The summed E-state index contributed by atoms with van der Waals surface area (Å²) in [4.78, 5) is 34.1. The lowest BCUT2D eigenvalue weighted by Gasteiger charge is -2.35. The number of hydrogen-bond donors (Lipinski definition) is 1. The molecule has 0 aliphatic carbocycles. The average Bonchev–Trinajstić information content (AvgIpc) is 3.26. The van der Waals surface area contributed by atoms with Crippen molar-refractivity contribution in [3.05, 3.63) is 70.0 Å². The number of carbonyl (C=O) groups is 1. The van der Waals surface area contributed by atoms with Gasteiger partial charge < -0.3 is 20.3 Å². The number of nitrogens with zero attached hydrogens (tertiary/aromatic N) is 5. The standard InChI is InChI=1S/C23H21FN6O3S/c1-33-16-5-2-14(3-6-16)30-22(31)19-17(13-34-21(19)25)20(27-30)23(32)29-10-8-28(9-11-29)15-4-7-18(24)26-12-15/h2-7,12-13H,8-11,25H2,1H3. The number of fused-ring (bicyclic) bond motifs is 1. The highest BCUT2D eigenvalue weighted by Crippen LogP contribution is 2.28. The lowest BCUT2D eigenvalue weighted by atomic mass is 10.2. The third-order valence-electron chi connectivity index (χ3n) is 5.84. The molecule has 11 heteroatoms. The maximum Gasteiger partial charge on any atom is 0.282 e. The van der Waals surface area contributed by atoms with Gasteiger partial charge in [0.2, 0.25) is 5.95 Å². The number of thiophene rings is 1. The molecule has 34 heavy (non-hydrogen) atoms. The van der Waals surface area contributed by atoms with E-state index in [4.69, 9.17) is 10.5 Å². The fraction of sp³-hybridized carbons (Fsp3) is 0.217. The van der Waals surface area contributed by atoms with Crippen molar-refractivity contribution >= 4 is 38.7 Å². The smallest absolute Gasteiger partial charge is 0.282 e. The Morgan fingerprint density at radius 2 is 1.79 bits per heavy atom. The minimum Gasteiger partial charge on any atom is -0.497 e. The molecule has 1 aliphatic rings. The van der Waals surface area contributed by atoms with Crippen LogP contribution in [0.4, 0.5) is 15.1 Å². The number of piperazine rings is 1. The van der Waals surface area contributed by atoms with Crippen molar-refractivity contribution in [2.45, 2.75) is 0 Å². The minimum atomic E-state index is -0.533. The van der Waals surface area contributed by atoms with Gasteiger partial charge in [-0.2, -0.15) is 14.2 Å². The predicted octanol–water partition coefficient (Wildman–Crippen LogP) is 2.53. The van der Waals surface area contributed by atoms with Crippen molar-refractivity contribution in [2.75, 3.05) is 43.9 Å². The third kappa shape index (κ3) is 3.83. The lowest BCUT2D eigenvalue weighted by Crippen LogP contribution is -2.49. The number of nitrogen functional groups attached to an aromatic ring is 1. The summed E-state index contributed by atoms with van der Waals surface area (Å²) in [7, 11) is 1.56. The zero-order valence-corrected chi connectivity index (χ0v) is 19.1. The number of nitrogens with two attached hydrogens (primary N) is 1. The number of hydrogen-bond acceptors (Lipinski definition) is 8. The average molecular weight is 481 g/mol. The number of amides is 1. The molecular weight excluding hydrogens is 459 g/mol. The Bertz CT molecular complexity index is 1410. The molecular formula is C23H21FN6O3S. The van der Waals surface area contributed by atoms with E-state index in [1.165, 1.54) is 28.3 Å². The molecule has 1 saturated heterocycles. The van der Waals surface area contributed by atoms with Gasteiger partial charge in [-0.15, -0.1) is 11.3 Å². The number of ether oxygens (including phenoxy) is 1. The first kappa shape index (κ1) is 21.8. The van der Waals surface area contributed by atoms with Crippen LogP contribution in [0.25, 0.3) is 16.5 Å². The van der Waals surface area contributed by atoms with E-state index < -0.39 is 5.95 Å². The van der Waals surface area contributed by atoms with E-state index in [0.717, 1.165) is 5.69 Å². The van der Waals surface area contributed by atoms with Gasteiger partial charge in [-0.1, -0.05) is 0 Å². The Balaban J connectivity index is 1.47. The van der Waals surface area contributed by atoms with Crippen molar-refractivity contribution in [3.8, 4) is 11.4 Å². The van der Waals surface area contributed by atoms with E-state index >= 15 is 0 Å². The van der Waals surface area contributed by atoms with E-state index in [2.05, 4.69) is 10.1 Å². The van der Waals surface area contributed by atoms with Crippen molar-refractivity contribution in [1.82, 2.24) is 19.7 Å². The van der Waals surface area contributed by atoms with Crippen LogP contribution in [-0.2, 0) is 0 Å². The molecule has 1 aromatic carbocycles. The number of anilines is 2. The van der Waals surface area contributed by atoms with Crippen molar-refractivity contribution in [3.63, 3.8) is 0 Å². The molecule has 3 aromatic heterocycles. The zero-order valence-electron chi connectivity index (χ0n) is 18.3. The quantitative estimate of drug-likeness (QED) is 0.448. The van der Waals surface area contributed by atoms with Gasteiger partial charge in [0, 0.05) is 36.9 Å². The van der Waals surface area contributed by atoms with Gasteiger partial charge >= 0.3 is 0 Å². The number of aromatic nitrogens is 3. The first-order chi connectivity index (χ1) is 16.5. The highest BCUT2D eigenvalue weighted by Gasteiger charge is 2.27. The van der Waals surface area contributed by atoms with Crippen molar-refractivity contribution in [2.24, 2.45) is 0 Å². The first-order valence-electron chi connectivity index (χ1n) is 10.6. The van der Waals surface area contributed by atoms with Gasteiger partial charge in [-0.3, -0.25) is 9.59 Å². The Morgan fingerprint density at radius 1 is 1.09 bits per heavy atom. The lowest BCUT2D eigenvalue weighted by molar-refractivity contribution is 0.0741. The Kier molecular flexibility index (Phi) is 5.62. The Labute approximate surface area is 197 Å². The first-order valence-corrected chi connectivity index (χ1v) is 11.4. The Morgan fingerprint density at radius 3 is 2.44 bits per heavy atom. The molecule has 4 heterocycles. The third-order valence-corrected chi connectivity index (χ3v) is 6.66. The summed E-state index contributed by atoms with van der Waals surface area (Å²) in [6.45, 7) is 2.01. The maximum atomic E-state index is 13.5. The summed E-state index contributed by atoms with van der Waals surface area (Å²) in [6, 6.07) is 9.82. The molecule has 0 bridgehead atoms. The molecule has 1 fully saturated rings. The summed E-state index contributed by atoms with van der Waals surface area (Å²) in [6.07, 6.45) is 1.48. The molecule has 9 nitrogen and oxygen atoms in total. The number of pyridine rings is 1. The molecule has 174 valence electrons. The van der Waals surface area contributed by atoms with Crippen LogP contribution in [0.15, 0.2) is 52.8 Å². The Hall–Kier alpha value is -3.99. The monoisotopic (exact) mass is 480 g/mol. The van der Waals surface area contributed by atoms with Gasteiger partial charge in [-0.05, 0) is 36.4 Å². The molecule has 4 aromatic rings. The normalized spacial score (nSPS) is 13.9. The number of methoxy groups -OCH3 is 1. The topological polar surface area (TPSA) is 107 Å². The van der Waals surface area contributed by atoms with E-state index in [0.29, 0.717) is 48.0 Å². The second-order valence-corrected chi connectivity index (χ2v) is 8.68. The van der Waals surface area contributed by atoms with Crippen molar-refractivity contribution in [1.29, 1.82) is 0 Å². The molecule has 0 spiro atoms. The van der Waals surface area contributed by atoms with E-state index in [1.807, 2.05) is 4.90 Å². The van der Waals surface area contributed by atoms with Crippen LogP contribution in [0.5, 0.6) is 5.75 Å². The molecule has 0 saturated carbocycles. The molecule has 0 unspecified atom stereocenters. The van der Waals surface area contributed by atoms with Gasteiger partial charge in [0.05, 0.1) is 35.1 Å². The van der Waals surface area contributed by atoms with Gasteiger partial charge in [-0.25, -0.2) is 4.98 Å². The van der Waals surface area contributed by atoms with Crippen LogP contribution < -0.4 is 20.9 Å². The summed E-state index contributed by atoms with van der Waals surface area (Å²) in [5.41, 5.74) is 7.19. The number of rotatable bonds is 4. The second kappa shape index (κ2) is 8.75. The van der Waals surface area contributed by atoms with Gasteiger partial charge in [0.15, 0.2) is 5.69 Å². The van der Waals surface area contributed by atoms with Crippen LogP contribution in [0.2, 0.25) is 0 Å². The summed E-state index contributed by atoms with van der Waals surface area (Å²) in [5.74, 6) is -0.171. The van der Waals surface area contributed by atoms with E-state index in [-0.39, 0.29) is 22.5 Å². The molecule has 5 rings (SSSR count).